The fourth-order valence-electron chi connectivity index (χ4n) is 2.49. The van der Waals surface area contributed by atoms with Gasteiger partial charge in [-0.1, -0.05) is 42.5 Å². The highest BCUT2D eigenvalue weighted by molar-refractivity contribution is 9.10. The predicted molar refractivity (Wildman–Crippen MR) is 105 cm³/mol. The molecule has 24 heavy (non-hydrogen) atoms. The number of benzene rings is 2. The molecule has 0 radical (unpaired) electrons. The molecule has 0 bridgehead atoms. The number of nitrogens with one attached hydrogen (secondary N) is 1. The first-order chi connectivity index (χ1) is 11.6. The van der Waals surface area contributed by atoms with Crippen LogP contribution in [-0.2, 0) is 6.54 Å². The van der Waals surface area contributed by atoms with E-state index in [1.807, 2.05) is 61.0 Å². The summed E-state index contributed by atoms with van der Waals surface area (Å²) in [6.45, 7) is 0.774. The summed E-state index contributed by atoms with van der Waals surface area (Å²) in [5, 5.41) is 4.92. The highest BCUT2D eigenvalue weighted by Gasteiger charge is 2.15. The Bertz CT molecular complexity index is 832. The van der Waals surface area contributed by atoms with E-state index < -0.39 is 0 Å². The predicted octanol–water partition coefficient (Wildman–Crippen LogP) is 5.40. The van der Waals surface area contributed by atoms with Crippen molar-refractivity contribution in [2.24, 2.45) is 0 Å². The van der Waals surface area contributed by atoms with E-state index >= 15 is 0 Å². The van der Waals surface area contributed by atoms with Gasteiger partial charge in [0, 0.05) is 18.1 Å². The summed E-state index contributed by atoms with van der Waals surface area (Å²) in [6.07, 6.45) is 0. The number of anilines is 2. The van der Waals surface area contributed by atoms with Crippen LogP contribution in [-0.4, -0.2) is 13.0 Å². The summed E-state index contributed by atoms with van der Waals surface area (Å²) in [5.74, 6) is -0.0996. The minimum absolute atomic E-state index is 0.0996. The maximum absolute atomic E-state index is 12.5. The van der Waals surface area contributed by atoms with E-state index in [1.54, 1.807) is 0 Å². The van der Waals surface area contributed by atoms with Gasteiger partial charge in [0.1, 0.15) is 4.88 Å². The number of hydrogen-bond donors (Lipinski definition) is 1. The lowest BCUT2D eigenvalue weighted by Crippen LogP contribution is -2.19. The Morgan fingerprint density at radius 2 is 1.79 bits per heavy atom. The average molecular weight is 401 g/mol. The van der Waals surface area contributed by atoms with Crippen LogP contribution in [0.5, 0.6) is 0 Å². The minimum atomic E-state index is -0.0996. The first kappa shape index (κ1) is 16.7. The van der Waals surface area contributed by atoms with Gasteiger partial charge in [-0.15, -0.1) is 11.3 Å². The topological polar surface area (TPSA) is 32.3 Å². The van der Waals surface area contributed by atoms with Gasteiger partial charge >= 0.3 is 0 Å². The summed E-state index contributed by atoms with van der Waals surface area (Å²) < 4.78 is 0.820. The second-order valence-electron chi connectivity index (χ2n) is 5.41. The lowest BCUT2D eigenvalue weighted by Gasteiger charge is -2.22. The van der Waals surface area contributed by atoms with E-state index in [-0.39, 0.29) is 5.91 Å². The molecule has 1 aromatic heterocycles. The number of carbonyl (C=O) groups excluding carboxylic acids is 1. The molecule has 0 unspecified atom stereocenters. The van der Waals surface area contributed by atoms with Crippen LogP contribution in [0.25, 0.3) is 0 Å². The first-order valence-electron chi connectivity index (χ1n) is 7.53. The number of para-hydroxylation sites is 2. The molecule has 1 amide bonds. The van der Waals surface area contributed by atoms with Gasteiger partial charge in [0.25, 0.3) is 5.91 Å². The van der Waals surface area contributed by atoms with Gasteiger partial charge in [0.15, 0.2) is 0 Å². The van der Waals surface area contributed by atoms with Crippen LogP contribution in [0.3, 0.4) is 0 Å². The van der Waals surface area contributed by atoms with Crippen molar-refractivity contribution in [1.82, 2.24) is 0 Å². The highest BCUT2D eigenvalue weighted by atomic mass is 79.9. The zero-order valence-electron chi connectivity index (χ0n) is 13.2. The van der Waals surface area contributed by atoms with Crippen molar-refractivity contribution in [3.8, 4) is 0 Å². The molecule has 3 nitrogen and oxygen atoms in total. The Balaban J connectivity index is 1.80. The molecule has 0 saturated heterocycles. The molecule has 3 aromatic rings. The molecular formula is C19H17BrN2OS. The fourth-order valence-corrected chi connectivity index (χ4v) is 3.94. The minimum Gasteiger partial charge on any atom is -0.369 e. The Hall–Kier alpha value is -2.11. The summed E-state index contributed by atoms with van der Waals surface area (Å²) in [5.41, 5.74) is 3.02. The van der Waals surface area contributed by atoms with Crippen molar-refractivity contribution in [3.05, 3.63) is 81.0 Å². The van der Waals surface area contributed by atoms with Gasteiger partial charge in [-0.25, -0.2) is 0 Å². The summed E-state index contributed by atoms with van der Waals surface area (Å²) in [6, 6.07) is 20.0. The van der Waals surface area contributed by atoms with Crippen molar-refractivity contribution < 1.29 is 4.79 Å². The number of nitrogens with zero attached hydrogens (tertiary/aromatic N) is 1. The molecule has 0 aliphatic rings. The number of thiophene rings is 1. The van der Waals surface area contributed by atoms with E-state index in [0.717, 1.165) is 22.4 Å². The molecule has 1 heterocycles. The number of halogens is 1. The number of carbonyl (C=O) groups is 1. The lowest BCUT2D eigenvalue weighted by molar-refractivity contribution is 0.103. The number of hydrogen-bond acceptors (Lipinski definition) is 3. The number of rotatable bonds is 5. The Labute approximate surface area is 154 Å². The van der Waals surface area contributed by atoms with Crippen molar-refractivity contribution >= 4 is 44.5 Å². The molecule has 0 fully saturated rings. The quantitative estimate of drug-likeness (QED) is 0.621. The van der Waals surface area contributed by atoms with Gasteiger partial charge in [-0.3, -0.25) is 4.79 Å². The maximum Gasteiger partial charge on any atom is 0.266 e. The molecule has 122 valence electrons. The van der Waals surface area contributed by atoms with Crippen molar-refractivity contribution in [1.29, 1.82) is 0 Å². The van der Waals surface area contributed by atoms with E-state index in [9.17, 15) is 4.79 Å². The van der Waals surface area contributed by atoms with Crippen molar-refractivity contribution in [2.75, 3.05) is 17.3 Å². The van der Waals surface area contributed by atoms with Gasteiger partial charge < -0.3 is 10.2 Å². The second kappa shape index (κ2) is 7.64. The van der Waals surface area contributed by atoms with Gasteiger partial charge in [0.05, 0.1) is 11.4 Å². The van der Waals surface area contributed by atoms with Crippen molar-refractivity contribution in [2.45, 2.75) is 6.54 Å². The lowest BCUT2D eigenvalue weighted by atomic mass is 10.2. The van der Waals surface area contributed by atoms with Crippen LogP contribution in [0.4, 0.5) is 11.4 Å². The summed E-state index contributed by atoms with van der Waals surface area (Å²) in [4.78, 5) is 15.3. The number of amides is 1. The first-order valence-corrected chi connectivity index (χ1v) is 9.21. The van der Waals surface area contributed by atoms with E-state index in [4.69, 9.17) is 0 Å². The van der Waals surface area contributed by atoms with Crippen LogP contribution in [0.2, 0.25) is 0 Å². The third-order valence-corrected chi connectivity index (χ3v) is 5.49. The molecule has 3 rings (SSSR count). The Morgan fingerprint density at radius 3 is 2.50 bits per heavy atom. The van der Waals surface area contributed by atoms with E-state index in [1.165, 1.54) is 16.9 Å². The Morgan fingerprint density at radius 1 is 1.08 bits per heavy atom. The molecule has 5 heteroatoms. The van der Waals surface area contributed by atoms with Gasteiger partial charge in [0.2, 0.25) is 0 Å². The molecule has 1 N–H and O–H groups in total. The smallest absolute Gasteiger partial charge is 0.266 e. The standard InChI is InChI=1S/C19H17BrN2OS/c1-22(13-14-7-3-2-4-8-14)17-10-6-5-9-16(17)21-19(23)18-15(20)11-12-24-18/h2-12H,13H2,1H3,(H,21,23). The molecule has 2 aromatic carbocycles. The molecular weight excluding hydrogens is 384 g/mol. The zero-order chi connectivity index (χ0) is 16.9. The zero-order valence-corrected chi connectivity index (χ0v) is 15.6. The third kappa shape index (κ3) is 3.86. The van der Waals surface area contributed by atoms with Crippen LogP contribution >= 0.6 is 27.3 Å². The molecule has 0 saturated carbocycles. The van der Waals surface area contributed by atoms with Gasteiger partial charge in [-0.05, 0) is 45.1 Å². The fraction of sp³-hybridized carbons (Fsp3) is 0.105. The van der Waals surface area contributed by atoms with Crippen LogP contribution in [0.1, 0.15) is 15.2 Å². The largest absolute Gasteiger partial charge is 0.369 e. The molecule has 0 spiro atoms. The summed E-state index contributed by atoms with van der Waals surface area (Å²) in [7, 11) is 2.03. The monoisotopic (exact) mass is 400 g/mol. The third-order valence-electron chi connectivity index (χ3n) is 3.65. The van der Waals surface area contributed by atoms with Crippen LogP contribution < -0.4 is 10.2 Å². The molecule has 0 atom stereocenters. The summed E-state index contributed by atoms with van der Waals surface area (Å²) >= 11 is 4.83. The van der Waals surface area contributed by atoms with Crippen LogP contribution in [0, 0.1) is 0 Å². The molecule has 0 aliphatic heterocycles. The maximum atomic E-state index is 12.5. The highest BCUT2D eigenvalue weighted by Crippen LogP contribution is 2.28. The second-order valence-corrected chi connectivity index (χ2v) is 7.18. The molecule has 0 aliphatic carbocycles. The van der Waals surface area contributed by atoms with Gasteiger partial charge in [-0.2, -0.15) is 0 Å². The van der Waals surface area contributed by atoms with Crippen LogP contribution in [0.15, 0.2) is 70.5 Å². The normalized spacial score (nSPS) is 10.4. The Kier molecular flexibility index (Phi) is 5.33. The average Bonchev–Trinajstić information content (AvgIpc) is 3.02. The van der Waals surface area contributed by atoms with E-state index in [0.29, 0.717) is 4.88 Å². The van der Waals surface area contributed by atoms with E-state index in [2.05, 4.69) is 38.3 Å². The van der Waals surface area contributed by atoms with Crippen molar-refractivity contribution in [3.63, 3.8) is 0 Å². The SMILES string of the molecule is CN(Cc1ccccc1)c1ccccc1NC(=O)c1sccc1Br.